The number of likely N-dealkylation sites (N-methyl/N-ethyl adjacent to an activating group) is 1. The van der Waals surface area contributed by atoms with Gasteiger partial charge in [-0.05, 0) is 38.9 Å². The molecule has 0 spiro atoms. The van der Waals surface area contributed by atoms with Crippen molar-refractivity contribution in [3.8, 4) is 0 Å². The number of carbonyl (C=O) groups is 1. The van der Waals surface area contributed by atoms with Crippen LogP contribution in [0, 0.1) is 0 Å². The summed E-state index contributed by atoms with van der Waals surface area (Å²) in [5, 5.41) is 8.91. The summed E-state index contributed by atoms with van der Waals surface area (Å²) in [5.41, 5.74) is 5.89. The molecule has 74 valence electrons. The minimum atomic E-state index is -0.879. The lowest BCUT2D eigenvalue weighted by Crippen LogP contribution is -2.36. The van der Waals surface area contributed by atoms with E-state index in [-0.39, 0.29) is 0 Å². The summed E-state index contributed by atoms with van der Waals surface area (Å²) >= 11 is 0. The summed E-state index contributed by atoms with van der Waals surface area (Å²) in [6.45, 7) is 1.79. The standard InChI is InChI=1S/C9H16N2O2/c1-4-7(5-6-10)8(9(12)13)11(2)3/h4-6,8H,10H2,1-3H3,(H,12,13)/b6-5-,7-4+. The first-order chi connectivity index (χ1) is 6.04. The van der Waals surface area contributed by atoms with Gasteiger partial charge >= 0.3 is 5.97 Å². The smallest absolute Gasteiger partial charge is 0.325 e. The Morgan fingerprint density at radius 1 is 1.54 bits per heavy atom. The first-order valence-electron chi connectivity index (χ1n) is 3.98. The highest BCUT2D eigenvalue weighted by atomic mass is 16.4. The third-order valence-corrected chi connectivity index (χ3v) is 1.69. The highest BCUT2D eigenvalue weighted by molar-refractivity contribution is 5.78. The molecule has 1 unspecified atom stereocenters. The molecule has 0 amide bonds. The second kappa shape index (κ2) is 5.37. The zero-order chi connectivity index (χ0) is 10.4. The Kier molecular flexibility index (Phi) is 4.84. The van der Waals surface area contributed by atoms with Gasteiger partial charge in [-0.2, -0.15) is 0 Å². The maximum absolute atomic E-state index is 10.9. The third kappa shape index (κ3) is 3.29. The van der Waals surface area contributed by atoms with Crippen molar-refractivity contribution in [2.75, 3.05) is 14.1 Å². The molecule has 0 aromatic rings. The lowest BCUT2D eigenvalue weighted by molar-refractivity contribution is -0.140. The van der Waals surface area contributed by atoms with Gasteiger partial charge in [-0.3, -0.25) is 9.69 Å². The normalized spacial score (nSPS) is 15.2. The Balaban J connectivity index is 4.81. The molecule has 13 heavy (non-hydrogen) atoms. The van der Waals surface area contributed by atoms with Crippen LogP contribution < -0.4 is 5.73 Å². The van der Waals surface area contributed by atoms with Gasteiger partial charge in [0.15, 0.2) is 0 Å². The van der Waals surface area contributed by atoms with E-state index in [1.54, 1.807) is 38.1 Å². The van der Waals surface area contributed by atoms with Crippen molar-refractivity contribution in [2.24, 2.45) is 5.73 Å². The summed E-state index contributed by atoms with van der Waals surface area (Å²) in [6.07, 6.45) is 4.68. The minimum absolute atomic E-state index is 0.634. The van der Waals surface area contributed by atoms with Crippen LogP contribution in [0.4, 0.5) is 0 Å². The fraction of sp³-hybridized carbons (Fsp3) is 0.444. The van der Waals surface area contributed by atoms with Gasteiger partial charge < -0.3 is 10.8 Å². The molecule has 4 heteroatoms. The summed E-state index contributed by atoms with van der Waals surface area (Å²) in [4.78, 5) is 12.5. The molecule has 0 bridgehead atoms. The van der Waals surface area contributed by atoms with Crippen LogP contribution in [-0.4, -0.2) is 36.1 Å². The lowest BCUT2D eigenvalue weighted by Gasteiger charge is -2.20. The van der Waals surface area contributed by atoms with Crippen molar-refractivity contribution in [3.05, 3.63) is 23.9 Å². The van der Waals surface area contributed by atoms with Crippen LogP contribution in [0.1, 0.15) is 6.92 Å². The quantitative estimate of drug-likeness (QED) is 0.621. The van der Waals surface area contributed by atoms with Crippen LogP contribution in [0.3, 0.4) is 0 Å². The fourth-order valence-electron chi connectivity index (χ4n) is 1.12. The average Bonchev–Trinajstić information content (AvgIpc) is 2.02. The van der Waals surface area contributed by atoms with Crippen LogP contribution in [0.5, 0.6) is 0 Å². The number of allylic oxidation sites excluding steroid dienone is 1. The lowest BCUT2D eigenvalue weighted by atomic mass is 10.1. The summed E-state index contributed by atoms with van der Waals surface area (Å²) < 4.78 is 0. The topological polar surface area (TPSA) is 66.6 Å². The monoisotopic (exact) mass is 184 g/mol. The van der Waals surface area contributed by atoms with Crippen LogP contribution in [0.15, 0.2) is 23.9 Å². The summed E-state index contributed by atoms with van der Waals surface area (Å²) in [7, 11) is 3.43. The maximum Gasteiger partial charge on any atom is 0.325 e. The van der Waals surface area contributed by atoms with Crippen molar-refractivity contribution >= 4 is 5.97 Å². The van der Waals surface area contributed by atoms with Crippen LogP contribution in [0.2, 0.25) is 0 Å². The molecule has 0 saturated heterocycles. The van der Waals surface area contributed by atoms with E-state index in [0.29, 0.717) is 5.57 Å². The second-order valence-corrected chi connectivity index (χ2v) is 2.85. The SMILES string of the molecule is C/C=C(\C=C/N)C(C(=O)O)N(C)C. The molecule has 1 atom stereocenters. The van der Waals surface area contributed by atoms with E-state index in [0.717, 1.165) is 0 Å². The summed E-state index contributed by atoms with van der Waals surface area (Å²) in [6, 6.07) is -0.634. The molecular formula is C9H16N2O2. The van der Waals surface area contributed by atoms with E-state index in [1.165, 1.54) is 6.20 Å². The third-order valence-electron chi connectivity index (χ3n) is 1.69. The van der Waals surface area contributed by atoms with E-state index in [2.05, 4.69) is 0 Å². The molecule has 0 heterocycles. The predicted molar refractivity (Wildman–Crippen MR) is 52.2 cm³/mol. The van der Waals surface area contributed by atoms with E-state index in [9.17, 15) is 4.79 Å². The molecule has 0 radical (unpaired) electrons. The van der Waals surface area contributed by atoms with Gasteiger partial charge in [0.2, 0.25) is 0 Å². The molecule has 0 fully saturated rings. The predicted octanol–water partition coefficient (Wildman–Crippen LogP) is 0.420. The molecule has 4 nitrogen and oxygen atoms in total. The molecule has 3 N–H and O–H groups in total. The number of nitrogens with two attached hydrogens (primary N) is 1. The van der Waals surface area contributed by atoms with E-state index in [4.69, 9.17) is 10.8 Å². The van der Waals surface area contributed by atoms with Gasteiger partial charge in [-0.25, -0.2) is 0 Å². The van der Waals surface area contributed by atoms with Gasteiger partial charge in [-0.15, -0.1) is 0 Å². The second-order valence-electron chi connectivity index (χ2n) is 2.85. The molecule has 0 aromatic carbocycles. The Labute approximate surface area is 78.3 Å². The van der Waals surface area contributed by atoms with Crippen molar-refractivity contribution in [1.29, 1.82) is 0 Å². The van der Waals surface area contributed by atoms with E-state index >= 15 is 0 Å². The summed E-state index contributed by atoms with van der Waals surface area (Å²) in [5.74, 6) is -0.879. The number of aliphatic carboxylic acids is 1. The number of nitrogens with zero attached hydrogens (tertiary/aromatic N) is 1. The van der Waals surface area contributed by atoms with E-state index < -0.39 is 12.0 Å². The molecule has 0 aliphatic carbocycles. The Morgan fingerprint density at radius 3 is 2.31 bits per heavy atom. The number of hydrogen-bond donors (Lipinski definition) is 2. The highest BCUT2D eigenvalue weighted by Gasteiger charge is 2.21. The molecule has 0 aliphatic heterocycles. The van der Waals surface area contributed by atoms with Crippen LogP contribution in [-0.2, 0) is 4.79 Å². The van der Waals surface area contributed by atoms with Crippen molar-refractivity contribution in [3.63, 3.8) is 0 Å². The van der Waals surface area contributed by atoms with Gasteiger partial charge in [0, 0.05) is 0 Å². The van der Waals surface area contributed by atoms with Gasteiger partial charge in [-0.1, -0.05) is 6.08 Å². The largest absolute Gasteiger partial charge is 0.480 e. The zero-order valence-corrected chi connectivity index (χ0v) is 8.19. The Bertz CT molecular complexity index is 232. The Morgan fingerprint density at radius 2 is 2.08 bits per heavy atom. The van der Waals surface area contributed by atoms with Crippen LogP contribution >= 0.6 is 0 Å². The number of hydrogen-bond acceptors (Lipinski definition) is 3. The minimum Gasteiger partial charge on any atom is -0.480 e. The van der Waals surface area contributed by atoms with E-state index in [1.807, 2.05) is 0 Å². The zero-order valence-electron chi connectivity index (χ0n) is 8.19. The number of rotatable bonds is 4. The van der Waals surface area contributed by atoms with Gasteiger partial charge in [0.25, 0.3) is 0 Å². The van der Waals surface area contributed by atoms with Crippen molar-refractivity contribution in [1.82, 2.24) is 4.90 Å². The highest BCUT2D eigenvalue weighted by Crippen LogP contribution is 2.09. The van der Waals surface area contributed by atoms with Crippen LogP contribution in [0.25, 0.3) is 0 Å². The number of carboxylic acids is 1. The molecule has 0 saturated carbocycles. The maximum atomic E-state index is 10.9. The molecule has 0 aliphatic rings. The Hall–Kier alpha value is -1.29. The van der Waals surface area contributed by atoms with Gasteiger partial charge in [0.1, 0.15) is 6.04 Å². The van der Waals surface area contributed by atoms with Gasteiger partial charge in [0.05, 0.1) is 0 Å². The van der Waals surface area contributed by atoms with Crippen molar-refractivity contribution in [2.45, 2.75) is 13.0 Å². The average molecular weight is 184 g/mol. The molecule has 0 rings (SSSR count). The first kappa shape index (κ1) is 11.7. The van der Waals surface area contributed by atoms with Crippen molar-refractivity contribution < 1.29 is 9.90 Å². The molecular weight excluding hydrogens is 168 g/mol. The number of carboxylic acid groups (broad SMARTS) is 1. The first-order valence-corrected chi connectivity index (χ1v) is 3.98. The fourth-order valence-corrected chi connectivity index (χ4v) is 1.12. The molecule has 0 aromatic heterocycles.